The van der Waals surface area contributed by atoms with Crippen molar-refractivity contribution in [2.45, 2.75) is 18.5 Å². The van der Waals surface area contributed by atoms with Gasteiger partial charge in [-0.3, -0.25) is 14.0 Å². The molecule has 2 aromatic carbocycles. The zero-order valence-electron chi connectivity index (χ0n) is 14.6. The third-order valence-corrected chi connectivity index (χ3v) is 5.20. The Morgan fingerprint density at radius 1 is 1.11 bits per heavy atom. The van der Waals surface area contributed by atoms with Crippen LogP contribution in [0.25, 0.3) is 22.4 Å². The molecule has 4 rings (SSSR count). The number of amides is 1. The summed E-state index contributed by atoms with van der Waals surface area (Å²) in [4.78, 5) is 24.2. The van der Waals surface area contributed by atoms with E-state index in [1.807, 2.05) is 53.8 Å². The smallest absolute Gasteiger partial charge is 0.267 e. The van der Waals surface area contributed by atoms with Crippen LogP contribution in [0.1, 0.15) is 12.0 Å². The molecule has 0 spiro atoms. The number of nitrogens with two attached hydrogens (primary N) is 1. The summed E-state index contributed by atoms with van der Waals surface area (Å²) in [6.07, 6.45) is 0.245. The fourth-order valence-electron chi connectivity index (χ4n) is 2.94. The van der Waals surface area contributed by atoms with Gasteiger partial charge in [0.15, 0.2) is 5.16 Å². The Labute approximate surface area is 158 Å². The normalized spacial score (nSPS) is 11.3. The van der Waals surface area contributed by atoms with Gasteiger partial charge in [-0.1, -0.05) is 41.6 Å². The molecule has 4 aromatic rings. The van der Waals surface area contributed by atoms with E-state index >= 15 is 0 Å². The Morgan fingerprint density at radius 2 is 1.85 bits per heavy atom. The van der Waals surface area contributed by atoms with Crippen molar-refractivity contribution in [3.8, 4) is 5.69 Å². The average molecular weight is 379 g/mol. The molecule has 0 bridgehead atoms. The molecule has 27 heavy (non-hydrogen) atoms. The predicted octanol–water partition coefficient (Wildman–Crippen LogP) is 2.31. The first-order valence-corrected chi connectivity index (χ1v) is 9.42. The summed E-state index contributed by atoms with van der Waals surface area (Å²) in [5, 5.41) is 9.70. The van der Waals surface area contributed by atoms with Crippen LogP contribution in [-0.4, -0.2) is 30.8 Å². The number of aromatic nitrogens is 4. The molecule has 0 saturated carbocycles. The van der Waals surface area contributed by atoms with Gasteiger partial charge in [-0.25, -0.2) is 4.57 Å². The molecule has 0 saturated heterocycles. The highest BCUT2D eigenvalue weighted by Gasteiger charge is 2.17. The van der Waals surface area contributed by atoms with E-state index in [0.29, 0.717) is 22.1 Å². The number of para-hydroxylation sites is 1. The lowest BCUT2D eigenvalue weighted by atomic mass is 10.2. The van der Waals surface area contributed by atoms with Crippen molar-refractivity contribution in [2.24, 2.45) is 5.73 Å². The number of carbonyl (C=O) groups excluding carboxylic acids is 1. The van der Waals surface area contributed by atoms with Crippen LogP contribution in [0.15, 0.2) is 58.5 Å². The lowest BCUT2D eigenvalue weighted by molar-refractivity contribution is -0.117. The number of thioether (sulfide) groups is 1. The van der Waals surface area contributed by atoms with E-state index in [0.717, 1.165) is 16.8 Å². The number of rotatable bonds is 5. The van der Waals surface area contributed by atoms with Gasteiger partial charge < -0.3 is 5.73 Å². The molecule has 0 aliphatic rings. The minimum atomic E-state index is -0.363. The maximum Gasteiger partial charge on any atom is 0.267 e. The minimum Gasteiger partial charge on any atom is -0.370 e. The monoisotopic (exact) mass is 379 g/mol. The van der Waals surface area contributed by atoms with Gasteiger partial charge in [-0.15, -0.1) is 10.2 Å². The highest BCUT2D eigenvalue weighted by molar-refractivity contribution is 7.99. The molecule has 7 nitrogen and oxygen atoms in total. The number of fused-ring (bicyclic) bond motifs is 3. The largest absolute Gasteiger partial charge is 0.370 e. The SMILES string of the molecule is Cc1ccc(-n2c(=O)c3ccccc3n3c(SCCC(N)=O)nnc23)cc1. The minimum absolute atomic E-state index is 0.150. The molecule has 0 unspecified atom stereocenters. The third-order valence-electron chi connectivity index (χ3n) is 4.27. The Bertz CT molecular complexity index is 1210. The lowest BCUT2D eigenvalue weighted by Crippen LogP contribution is -2.21. The topological polar surface area (TPSA) is 95.3 Å². The number of primary amides is 1. The first kappa shape index (κ1) is 17.3. The molecule has 0 fully saturated rings. The molecule has 0 radical (unpaired) electrons. The number of carbonyl (C=O) groups is 1. The third kappa shape index (κ3) is 3.08. The second-order valence-electron chi connectivity index (χ2n) is 6.18. The maximum absolute atomic E-state index is 13.2. The summed E-state index contributed by atoms with van der Waals surface area (Å²) in [6.45, 7) is 1.99. The molecule has 2 aromatic heterocycles. The Morgan fingerprint density at radius 3 is 2.59 bits per heavy atom. The summed E-state index contributed by atoms with van der Waals surface area (Å²) in [6, 6.07) is 15.0. The van der Waals surface area contributed by atoms with Gasteiger partial charge in [0, 0.05) is 12.2 Å². The highest BCUT2D eigenvalue weighted by Crippen LogP contribution is 2.23. The van der Waals surface area contributed by atoms with Crippen molar-refractivity contribution >= 4 is 34.3 Å². The van der Waals surface area contributed by atoms with Gasteiger partial charge in [0.1, 0.15) is 0 Å². The number of aryl methyl sites for hydroxylation is 1. The van der Waals surface area contributed by atoms with Gasteiger partial charge >= 0.3 is 0 Å². The fraction of sp³-hybridized carbons (Fsp3) is 0.158. The van der Waals surface area contributed by atoms with Crippen molar-refractivity contribution in [1.29, 1.82) is 0 Å². The highest BCUT2D eigenvalue weighted by atomic mass is 32.2. The van der Waals surface area contributed by atoms with Gasteiger partial charge in [0.25, 0.3) is 5.56 Å². The van der Waals surface area contributed by atoms with Crippen LogP contribution < -0.4 is 11.3 Å². The van der Waals surface area contributed by atoms with Crippen molar-refractivity contribution in [2.75, 3.05) is 5.75 Å². The van der Waals surface area contributed by atoms with Crippen LogP contribution in [0.5, 0.6) is 0 Å². The van der Waals surface area contributed by atoms with Crippen LogP contribution in [0, 0.1) is 6.92 Å². The van der Waals surface area contributed by atoms with E-state index in [4.69, 9.17) is 5.73 Å². The fourth-order valence-corrected chi connectivity index (χ4v) is 3.84. The zero-order chi connectivity index (χ0) is 19.0. The van der Waals surface area contributed by atoms with Crippen molar-refractivity contribution < 1.29 is 4.79 Å². The molecule has 136 valence electrons. The van der Waals surface area contributed by atoms with Gasteiger partial charge in [-0.2, -0.15) is 0 Å². The van der Waals surface area contributed by atoms with E-state index in [1.165, 1.54) is 11.8 Å². The summed E-state index contributed by atoms with van der Waals surface area (Å²) in [5.41, 5.74) is 7.63. The maximum atomic E-state index is 13.2. The molecule has 0 aliphatic heterocycles. The lowest BCUT2D eigenvalue weighted by Gasteiger charge is -2.11. The van der Waals surface area contributed by atoms with Crippen LogP contribution in [-0.2, 0) is 4.79 Å². The average Bonchev–Trinajstić information content (AvgIpc) is 3.07. The first-order chi connectivity index (χ1) is 13.1. The molecular weight excluding hydrogens is 362 g/mol. The van der Waals surface area contributed by atoms with E-state index in [-0.39, 0.29) is 17.9 Å². The zero-order valence-corrected chi connectivity index (χ0v) is 15.4. The van der Waals surface area contributed by atoms with Crippen LogP contribution in [0.3, 0.4) is 0 Å². The van der Waals surface area contributed by atoms with E-state index < -0.39 is 0 Å². The number of hydrogen-bond acceptors (Lipinski definition) is 5. The Kier molecular flexibility index (Phi) is 4.41. The van der Waals surface area contributed by atoms with E-state index in [2.05, 4.69) is 10.2 Å². The summed E-state index contributed by atoms with van der Waals surface area (Å²) in [7, 11) is 0. The van der Waals surface area contributed by atoms with E-state index in [9.17, 15) is 9.59 Å². The van der Waals surface area contributed by atoms with Crippen LogP contribution >= 0.6 is 11.8 Å². The Balaban J connectivity index is 1.98. The Hall–Kier alpha value is -3.13. The molecule has 0 atom stereocenters. The molecule has 0 aliphatic carbocycles. The summed E-state index contributed by atoms with van der Waals surface area (Å²) >= 11 is 1.39. The quantitative estimate of drug-likeness (QED) is 0.537. The van der Waals surface area contributed by atoms with Gasteiger partial charge in [0.2, 0.25) is 11.7 Å². The van der Waals surface area contributed by atoms with Crippen molar-refractivity contribution in [3.63, 3.8) is 0 Å². The van der Waals surface area contributed by atoms with Crippen LogP contribution in [0.2, 0.25) is 0 Å². The first-order valence-electron chi connectivity index (χ1n) is 8.43. The second-order valence-corrected chi connectivity index (χ2v) is 7.24. The van der Waals surface area contributed by atoms with E-state index in [1.54, 1.807) is 10.6 Å². The second kappa shape index (κ2) is 6.88. The number of nitrogens with zero attached hydrogens (tertiary/aromatic N) is 4. The van der Waals surface area contributed by atoms with Crippen LogP contribution in [0.4, 0.5) is 0 Å². The molecular formula is C19H17N5O2S. The van der Waals surface area contributed by atoms with Crippen molar-refractivity contribution in [1.82, 2.24) is 19.2 Å². The van der Waals surface area contributed by atoms with Gasteiger partial charge in [-0.05, 0) is 31.2 Å². The molecule has 2 heterocycles. The molecule has 8 heteroatoms. The predicted molar refractivity (Wildman–Crippen MR) is 105 cm³/mol. The molecule has 2 N–H and O–H groups in total. The number of hydrogen-bond donors (Lipinski definition) is 1. The standard InChI is InChI=1S/C19H17N5O2S/c1-12-6-8-13(9-7-12)23-17(26)14-4-2-3-5-15(14)24-18(23)21-22-19(24)27-11-10-16(20)25/h2-9H,10-11H2,1H3,(H2,20,25). The van der Waals surface area contributed by atoms with Gasteiger partial charge in [0.05, 0.1) is 16.6 Å². The summed E-state index contributed by atoms with van der Waals surface area (Å²) < 4.78 is 3.41. The van der Waals surface area contributed by atoms with Crippen molar-refractivity contribution in [3.05, 3.63) is 64.4 Å². The molecule has 1 amide bonds. The summed E-state index contributed by atoms with van der Waals surface area (Å²) in [5.74, 6) is 0.565. The number of benzene rings is 2.